The van der Waals surface area contributed by atoms with Crippen molar-refractivity contribution in [2.45, 2.75) is 24.7 Å². The van der Waals surface area contributed by atoms with Gasteiger partial charge in [0.15, 0.2) is 0 Å². The van der Waals surface area contributed by atoms with Crippen LogP contribution in [0.3, 0.4) is 0 Å². The minimum Gasteiger partial charge on any atom is -0.340 e. The van der Waals surface area contributed by atoms with Crippen LogP contribution in [0.1, 0.15) is 18.7 Å². The highest BCUT2D eigenvalue weighted by Gasteiger charge is 2.36. The van der Waals surface area contributed by atoms with Crippen LogP contribution in [0.15, 0.2) is 27.6 Å². The number of benzene rings is 1. The van der Waals surface area contributed by atoms with Gasteiger partial charge in [-0.2, -0.15) is 9.29 Å². The number of aromatic nitrogens is 2. The zero-order valence-corrected chi connectivity index (χ0v) is 19.2. The molecule has 9 nitrogen and oxygen atoms in total. The van der Waals surface area contributed by atoms with Gasteiger partial charge in [-0.1, -0.05) is 16.8 Å². The van der Waals surface area contributed by atoms with E-state index in [2.05, 4.69) is 15.0 Å². The first-order valence-corrected chi connectivity index (χ1v) is 12.2. The number of rotatable bonds is 4. The van der Waals surface area contributed by atoms with E-state index in [1.807, 2.05) is 11.9 Å². The van der Waals surface area contributed by atoms with Crippen LogP contribution in [0.5, 0.6) is 0 Å². The maximum Gasteiger partial charge on any atom is 0.244 e. The SMILES string of the molecule is Cc1nc(-c2ccc(Cl)c(S(=O)(=O)N3CCC[C@H](C(=O)N4CCN(C)CC4)C3)c2)no1. The van der Waals surface area contributed by atoms with Gasteiger partial charge in [0, 0.05) is 51.8 Å². The van der Waals surface area contributed by atoms with Crippen molar-refractivity contribution in [3.8, 4) is 11.4 Å². The summed E-state index contributed by atoms with van der Waals surface area (Å²) in [6.45, 7) is 5.20. The first-order valence-electron chi connectivity index (χ1n) is 10.3. The van der Waals surface area contributed by atoms with E-state index in [1.165, 1.54) is 16.4 Å². The lowest BCUT2D eigenvalue weighted by molar-refractivity contribution is -0.138. The Labute approximate surface area is 187 Å². The zero-order chi connectivity index (χ0) is 22.2. The van der Waals surface area contributed by atoms with Gasteiger partial charge in [0.2, 0.25) is 27.6 Å². The molecule has 4 rings (SSSR count). The molecule has 2 aliphatic heterocycles. The molecule has 1 aromatic carbocycles. The minimum atomic E-state index is -3.89. The third-order valence-electron chi connectivity index (χ3n) is 5.88. The zero-order valence-electron chi connectivity index (χ0n) is 17.6. The molecule has 0 unspecified atom stereocenters. The molecule has 168 valence electrons. The maximum atomic E-state index is 13.4. The van der Waals surface area contributed by atoms with E-state index in [0.29, 0.717) is 49.8 Å². The fraction of sp³-hybridized carbons (Fsp3) is 0.550. The third kappa shape index (κ3) is 4.62. The molecule has 0 aliphatic carbocycles. The molecule has 31 heavy (non-hydrogen) atoms. The van der Waals surface area contributed by atoms with Gasteiger partial charge in [0.05, 0.1) is 10.9 Å². The summed E-state index contributed by atoms with van der Waals surface area (Å²) in [6, 6.07) is 4.64. The van der Waals surface area contributed by atoms with Gasteiger partial charge >= 0.3 is 0 Å². The Bertz CT molecular complexity index is 1070. The number of carbonyl (C=O) groups is 1. The Kier molecular flexibility index (Phi) is 6.34. The van der Waals surface area contributed by atoms with E-state index < -0.39 is 10.0 Å². The fourth-order valence-electron chi connectivity index (χ4n) is 4.04. The van der Waals surface area contributed by atoms with Gasteiger partial charge in [0.1, 0.15) is 4.90 Å². The molecule has 0 bridgehead atoms. The normalized spacial score (nSPS) is 21.4. The smallest absolute Gasteiger partial charge is 0.244 e. The second-order valence-corrected chi connectivity index (χ2v) is 10.4. The second kappa shape index (κ2) is 8.85. The van der Waals surface area contributed by atoms with Crippen LogP contribution in [-0.4, -0.2) is 84.9 Å². The number of aryl methyl sites for hydroxylation is 1. The molecule has 0 N–H and O–H groups in total. The molecule has 2 aliphatic rings. The molecule has 1 atom stereocenters. The summed E-state index contributed by atoms with van der Waals surface area (Å²) in [5.41, 5.74) is 0.502. The lowest BCUT2D eigenvalue weighted by Gasteiger charge is -2.37. The van der Waals surface area contributed by atoms with Crippen molar-refractivity contribution in [1.82, 2.24) is 24.2 Å². The van der Waals surface area contributed by atoms with Crippen LogP contribution in [0, 0.1) is 12.8 Å². The molecule has 0 spiro atoms. The van der Waals surface area contributed by atoms with Crippen LogP contribution in [0.4, 0.5) is 0 Å². The Hall–Kier alpha value is -2.01. The molecule has 3 heterocycles. The van der Waals surface area contributed by atoms with Crippen molar-refractivity contribution in [3.63, 3.8) is 0 Å². The van der Waals surface area contributed by atoms with Crippen molar-refractivity contribution >= 4 is 27.5 Å². The average molecular weight is 468 g/mol. The number of hydrogen-bond acceptors (Lipinski definition) is 7. The summed E-state index contributed by atoms with van der Waals surface area (Å²) in [5, 5.41) is 3.97. The van der Waals surface area contributed by atoms with Gasteiger partial charge in [-0.05, 0) is 38.1 Å². The minimum absolute atomic E-state index is 0.0122. The Morgan fingerprint density at radius 2 is 1.94 bits per heavy atom. The Morgan fingerprint density at radius 3 is 2.61 bits per heavy atom. The van der Waals surface area contributed by atoms with Crippen molar-refractivity contribution in [1.29, 1.82) is 0 Å². The Morgan fingerprint density at radius 1 is 1.19 bits per heavy atom. The molecule has 2 saturated heterocycles. The van der Waals surface area contributed by atoms with Gasteiger partial charge in [-0.3, -0.25) is 4.79 Å². The summed E-state index contributed by atoms with van der Waals surface area (Å²) in [5.74, 6) is 0.381. The summed E-state index contributed by atoms with van der Waals surface area (Å²) >= 11 is 6.28. The molecule has 11 heteroatoms. The molecule has 1 aromatic heterocycles. The summed E-state index contributed by atoms with van der Waals surface area (Å²) in [4.78, 5) is 21.2. The third-order valence-corrected chi connectivity index (χ3v) is 8.23. The van der Waals surface area contributed by atoms with E-state index in [-0.39, 0.29) is 28.3 Å². The van der Waals surface area contributed by atoms with E-state index in [1.54, 1.807) is 13.0 Å². The van der Waals surface area contributed by atoms with E-state index in [0.717, 1.165) is 13.1 Å². The maximum absolute atomic E-state index is 13.4. The highest BCUT2D eigenvalue weighted by Crippen LogP contribution is 2.32. The number of nitrogens with zero attached hydrogens (tertiary/aromatic N) is 5. The number of piperidine rings is 1. The van der Waals surface area contributed by atoms with Crippen LogP contribution in [-0.2, 0) is 14.8 Å². The summed E-state index contributed by atoms with van der Waals surface area (Å²) < 4.78 is 33.2. The lowest BCUT2D eigenvalue weighted by Crippen LogP contribution is -2.52. The largest absolute Gasteiger partial charge is 0.340 e. The number of sulfonamides is 1. The highest BCUT2D eigenvalue weighted by atomic mass is 35.5. The number of amides is 1. The van der Waals surface area contributed by atoms with E-state index in [9.17, 15) is 13.2 Å². The van der Waals surface area contributed by atoms with E-state index >= 15 is 0 Å². The summed E-state index contributed by atoms with van der Waals surface area (Å²) in [6.07, 6.45) is 1.32. The topological polar surface area (TPSA) is 99.8 Å². The van der Waals surface area contributed by atoms with Crippen LogP contribution in [0.25, 0.3) is 11.4 Å². The average Bonchev–Trinajstić information content (AvgIpc) is 3.20. The van der Waals surface area contributed by atoms with Crippen LogP contribution in [0.2, 0.25) is 5.02 Å². The van der Waals surface area contributed by atoms with Gasteiger partial charge < -0.3 is 14.3 Å². The first kappa shape index (κ1) is 22.2. The number of likely N-dealkylation sites (N-methyl/N-ethyl adjacent to an activating group) is 1. The van der Waals surface area contributed by atoms with Crippen molar-refractivity contribution < 1.29 is 17.7 Å². The number of halogens is 1. The first-order chi connectivity index (χ1) is 14.8. The molecule has 0 saturated carbocycles. The quantitative estimate of drug-likeness (QED) is 0.676. The number of carbonyl (C=O) groups excluding carboxylic acids is 1. The van der Waals surface area contributed by atoms with Crippen molar-refractivity contribution in [2.75, 3.05) is 46.3 Å². The fourth-order valence-corrected chi connectivity index (χ4v) is 6.07. The van der Waals surface area contributed by atoms with Gasteiger partial charge in [-0.15, -0.1) is 0 Å². The van der Waals surface area contributed by atoms with E-state index in [4.69, 9.17) is 16.1 Å². The highest BCUT2D eigenvalue weighted by molar-refractivity contribution is 7.89. The second-order valence-electron chi connectivity index (χ2n) is 8.11. The monoisotopic (exact) mass is 467 g/mol. The number of piperazine rings is 1. The Balaban J connectivity index is 1.55. The molecule has 2 fully saturated rings. The van der Waals surface area contributed by atoms with Crippen molar-refractivity contribution in [2.24, 2.45) is 5.92 Å². The predicted molar refractivity (Wildman–Crippen MR) is 115 cm³/mol. The molecule has 1 amide bonds. The lowest BCUT2D eigenvalue weighted by atomic mass is 9.98. The van der Waals surface area contributed by atoms with Gasteiger partial charge in [0.25, 0.3) is 0 Å². The van der Waals surface area contributed by atoms with Crippen molar-refractivity contribution in [3.05, 3.63) is 29.1 Å². The molecular formula is C20H26ClN5O4S. The summed E-state index contributed by atoms with van der Waals surface area (Å²) in [7, 11) is -1.85. The molecular weight excluding hydrogens is 442 g/mol. The van der Waals surface area contributed by atoms with Crippen LogP contribution >= 0.6 is 11.6 Å². The molecule has 0 radical (unpaired) electrons. The van der Waals surface area contributed by atoms with Crippen LogP contribution < -0.4 is 0 Å². The number of hydrogen-bond donors (Lipinski definition) is 0. The predicted octanol–water partition coefficient (Wildman–Crippen LogP) is 1.87. The van der Waals surface area contributed by atoms with Gasteiger partial charge in [-0.25, -0.2) is 8.42 Å². The molecule has 2 aromatic rings. The standard InChI is InChI=1S/C20H26ClN5O4S/c1-14-22-19(23-30-14)15-5-6-17(21)18(12-15)31(28,29)26-7-3-4-16(13-26)20(27)25-10-8-24(2)9-11-25/h5-6,12,16H,3-4,7-11,13H2,1-2H3/t16-/m0/s1.